The quantitative estimate of drug-likeness (QED) is 0.838. The van der Waals surface area contributed by atoms with Crippen LogP contribution in [0.25, 0.3) is 6.08 Å². The number of ether oxygens (including phenoxy) is 1. The summed E-state index contributed by atoms with van der Waals surface area (Å²) in [5.74, 6) is 0.982. The first-order chi connectivity index (χ1) is 11.9. The Morgan fingerprint density at radius 1 is 1.16 bits per heavy atom. The van der Waals surface area contributed by atoms with E-state index in [2.05, 4.69) is 13.0 Å². The maximum Gasteiger partial charge on any atom is 0.243 e. The molecule has 0 spiro atoms. The zero-order chi connectivity index (χ0) is 18.0. The zero-order valence-electron chi connectivity index (χ0n) is 14.8. The number of hydrogen-bond donors (Lipinski definition) is 0. The van der Waals surface area contributed by atoms with Crippen molar-refractivity contribution in [2.45, 2.75) is 18.7 Å². The highest BCUT2D eigenvalue weighted by Crippen LogP contribution is 2.30. The van der Waals surface area contributed by atoms with Crippen molar-refractivity contribution in [2.75, 3.05) is 20.2 Å². The van der Waals surface area contributed by atoms with Gasteiger partial charge in [-0.15, -0.1) is 0 Å². The molecule has 0 amide bonds. The average Bonchev–Trinajstić information content (AvgIpc) is 2.97. The first-order valence-electron chi connectivity index (χ1n) is 8.31. The number of rotatable bonds is 4. The first-order valence-corrected chi connectivity index (χ1v) is 9.75. The molecule has 2 aromatic carbocycles. The Bertz CT molecular complexity index is 885. The lowest BCUT2D eigenvalue weighted by Gasteiger charge is -2.15. The summed E-state index contributed by atoms with van der Waals surface area (Å²) in [6.45, 7) is 4.95. The second kappa shape index (κ2) is 7.02. The molecule has 1 aliphatic rings. The van der Waals surface area contributed by atoms with E-state index >= 15 is 0 Å². The topological polar surface area (TPSA) is 46.6 Å². The predicted octanol–water partition coefficient (Wildman–Crippen LogP) is 3.73. The Kier molecular flexibility index (Phi) is 4.97. The van der Waals surface area contributed by atoms with Crippen LogP contribution in [0.5, 0.6) is 5.75 Å². The molecule has 3 rings (SSSR count). The fourth-order valence-electron chi connectivity index (χ4n) is 3.02. The third-order valence-corrected chi connectivity index (χ3v) is 6.40. The van der Waals surface area contributed by atoms with E-state index in [9.17, 15) is 8.42 Å². The molecule has 5 heteroatoms. The van der Waals surface area contributed by atoms with Crippen LogP contribution in [0.3, 0.4) is 0 Å². The van der Waals surface area contributed by atoms with Gasteiger partial charge in [0.05, 0.1) is 12.0 Å². The van der Waals surface area contributed by atoms with Crippen molar-refractivity contribution in [1.29, 1.82) is 0 Å². The van der Waals surface area contributed by atoms with Crippen molar-refractivity contribution in [3.05, 3.63) is 65.2 Å². The molecule has 25 heavy (non-hydrogen) atoms. The molecule has 1 fully saturated rings. The molecule has 0 radical (unpaired) electrons. The predicted molar refractivity (Wildman–Crippen MR) is 100 cm³/mol. The van der Waals surface area contributed by atoms with E-state index in [0.29, 0.717) is 18.0 Å². The Balaban J connectivity index is 1.85. The monoisotopic (exact) mass is 357 g/mol. The maximum atomic E-state index is 12.9. The van der Waals surface area contributed by atoms with Gasteiger partial charge in [-0.25, -0.2) is 8.42 Å². The van der Waals surface area contributed by atoms with E-state index in [4.69, 9.17) is 4.74 Å². The van der Waals surface area contributed by atoms with Gasteiger partial charge in [0.25, 0.3) is 0 Å². The van der Waals surface area contributed by atoms with Crippen LogP contribution >= 0.6 is 0 Å². The molecule has 0 N–H and O–H groups in total. The molecule has 1 saturated heterocycles. The van der Waals surface area contributed by atoms with Crippen LogP contribution in [0.2, 0.25) is 0 Å². The van der Waals surface area contributed by atoms with Crippen LogP contribution in [0.15, 0.2) is 59.0 Å². The lowest BCUT2D eigenvalue weighted by molar-refractivity contribution is 0.414. The second-order valence-electron chi connectivity index (χ2n) is 6.51. The smallest absolute Gasteiger partial charge is 0.243 e. The largest absolute Gasteiger partial charge is 0.497 e. The second-order valence-corrected chi connectivity index (χ2v) is 8.45. The molecule has 132 valence electrons. The minimum atomic E-state index is -3.46. The molecule has 0 aliphatic carbocycles. The van der Waals surface area contributed by atoms with Crippen molar-refractivity contribution in [3.8, 4) is 5.75 Å². The van der Waals surface area contributed by atoms with E-state index in [1.807, 2.05) is 43.3 Å². The van der Waals surface area contributed by atoms with E-state index < -0.39 is 10.0 Å². The van der Waals surface area contributed by atoms with Crippen LogP contribution in [-0.4, -0.2) is 32.9 Å². The van der Waals surface area contributed by atoms with E-state index in [-0.39, 0.29) is 5.92 Å². The normalized spacial score (nSPS) is 20.1. The van der Waals surface area contributed by atoms with Crippen molar-refractivity contribution >= 4 is 16.1 Å². The molecular formula is C20H23NO3S. The highest BCUT2D eigenvalue weighted by atomic mass is 32.2. The van der Waals surface area contributed by atoms with Gasteiger partial charge in [-0.2, -0.15) is 4.31 Å². The van der Waals surface area contributed by atoms with Gasteiger partial charge < -0.3 is 4.74 Å². The SMILES string of the molecule is COc1cccc(/C=C2\CN(S(=O)(=O)c3ccc(C)cc3)CC2C)c1. The van der Waals surface area contributed by atoms with Gasteiger partial charge in [-0.3, -0.25) is 0 Å². The number of aryl methyl sites for hydroxylation is 1. The van der Waals surface area contributed by atoms with Crippen molar-refractivity contribution in [2.24, 2.45) is 5.92 Å². The fourth-order valence-corrected chi connectivity index (χ4v) is 4.54. The Hall–Kier alpha value is -2.11. The van der Waals surface area contributed by atoms with Crippen LogP contribution in [0.1, 0.15) is 18.1 Å². The van der Waals surface area contributed by atoms with Crippen LogP contribution in [0.4, 0.5) is 0 Å². The summed E-state index contributed by atoms with van der Waals surface area (Å²) in [4.78, 5) is 0.355. The van der Waals surface area contributed by atoms with Crippen LogP contribution in [0, 0.1) is 12.8 Å². The van der Waals surface area contributed by atoms with E-state index in [1.54, 1.807) is 23.5 Å². The van der Waals surface area contributed by atoms with Gasteiger partial charge in [0.15, 0.2) is 0 Å². The summed E-state index contributed by atoms with van der Waals surface area (Å²) in [6.07, 6.45) is 2.07. The lowest BCUT2D eigenvalue weighted by Crippen LogP contribution is -2.28. The Morgan fingerprint density at radius 2 is 1.88 bits per heavy atom. The minimum Gasteiger partial charge on any atom is -0.497 e. The molecule has 4 nitrogen and oxygen atoms in total. The van der Waals surface area contributed by atoms with Crippen molar-refractivity contribution in [3.63, 3.8) is 0 Å². The van der Waals surface area contributed by atoms with Gasteiger partial charge in [0.2, 0.25) is 10.0 Å². The van der Waals surface area contributed by atoms with E-state index in [0.717, 1.165) is 22.4 Å². The summed E-state index contributed by atoms with van der Waals surface area (Å²) < 4.78 is 32.6. The molecule has 0 aromatic heterocycles. The molecule has 0 bridgehead atoms. The van der Waals surface area contributed by atoms with Gasteiger partial charge in [-0.05, 0) is 42.7 Å². The molecular weight excluding hydrogens is 334 g/mol. The summed E-state index contributed by atoms with van der Waals surface area (Å²) in [5.41, 5.74) is 3.19. The zero-order valence-corrected chi connectivity index (χ0v) is 15.6. The maximum absolute atomic E-state index is 12.9. The number of benzene rings is 2. The highest BCUT2D eigenvalue weighted by molar-refractivity contribution is 7.89. The Morgan fingerprint density at radius 3 is 2.56 bits per heavy atom. The molecule has 1 heterocycles. The molecule has 2 aromatic rings. The van der Waals surface area contributed by atoms with Gasteiger partial charge in [-0.1, -0.05) is 48.4 Å². The third kappa shape index (κ3) is 3.78. The van der Waals surface area contributed by atoms with Gasteiger partial charge >= 0.3 is 0 Å². The first kappa shape index (κ1) is 17.7. The minimum absolute atomic E-state index is 0.187. The molecule has 1 aliphatic heterocycles. The summed E-state index contributed by atoms with van der Waals surface area (Å²) in [7, 11) is -1.82. The van der Waals surface area contributed by atoms with E-state index in [1.165, 1.54) is 0 Å². The van der Waals surface area contributed by atoms with Crippen molar-refractivity contribution in [1.82, 2.24) is 4.31 Å². The summed E-state index contributed by atoms with van der Waals surface area (Å²) >= 11 is 0. The number of hydrogen-bond acceptors (Lipinski definition) is 3. The number of nitrogens with zero attached hydrogens (tertiary/aromatic N) is 1. The van der Waals surface area contributed by atoms with Crippen LogP contribution < -0.4 is 4.74 Å². The number of methoxy groups -OCH3 is 1. The van der Waals surface area contributed by atoms with Crippen molar-refractivity contribution < 1.29 is 13.2 Å². The molecule has 0 saturated carbocycles. The standard InChI is InChI=1S/C20H23NO3S/c1-15-7-9-20(10-8-15)25(22,23)21-13-16(2)18(14-21)11-17-5-4-6-19(12-17)24-3/h4-12,16H,13-14H2,1-3H3/b18-11+. The van der Waals surface area contributed by atoms with Gasteiger partial charge in [0.1, 0.15) is 5.75 Å². The summed E-state index contributed by atoms with van der Waals surface area (Å²) in [6, 6.07) is 14.8. The van der Waals surface area contributed by atoms with Gasteiger partial charge in [0, 0.05) is 13.1 Å². The number of sulfonamides is 1. The summed E-state index contributed by atoms with van der Waals surface area (Å²) in [5, 5.41) is 0. The Labute approximate surface area is 149 Å². The average molecular weight is 357 g/mol. The lowest BCUT2D eigenvalue weighted by atomic mass is 10.0. The fraction of sp³-hybridized carbons (Fsp3) is 0.300. The molecule has 1 atom stereocenters. The van der Waals surface area contributed by atoms with Crippen LogP contribution in [-0.2, 0) is 10.0 Å². The highest BCUT2D eigenvalue weighted by Gasteiger charge is 2.33. The molecule has 1 unspecified atom stereocenters. The third-order valence-electron chi connectivity index (χ3n) is 4.57.